The molecule has 5 rings (SSSR count). The number of aromatic nitrogens is 3. The lowest BCUT2D eigenvalue weighted by molar-refractivity contribution is 0.355. The van der Waals surface area contributed by atoms with Gasteiger partial charge in [-0.1, -0.05) is 54.2 Å². The minimum absolute atomic E-state index is 0.682. The van der Waals surface area contributed by atoms with Crippen LogP contribution in [0, 0.1) is 0 Å². The molecule has 2 heterocycles. The van der Waals surface area contributed by atoms with Gasteiger partial charge in [0, 0.05) is 16.9 Å². The van der Waals surface area contributed by atoms with E-state index in [0.717, 1.165) is 38.6 Å². The molecule has 1 aliphatic rings. The summed E-state index contributed by atoms with van der Waals surface area (Å²) in [6.45, 7) is 0. The molecule has 1 aromatic heterocycles. The number of rotatable bonds is 4. The van der Waals surface area contributed by atoms with Gasteiger partial charge in [-0.25, -0.2) is 0 Å². The highest BCUT2D eigenvalue weighted by Crippen LogP contribution is 2.34. The number of nitrogens with zero attached hydrogens (tertiary/aromatic N) is 4. The molecule has 3 aromatic carbocycles. The summed E-state index contributed by atoms with van der Waals surface area (Å²) in [6, 6.07) is 20.3. The van der Waals surface area contributed by atoms with Crippen LogP contribution in [-0.2, 0) is 0 Å². The first-order chi connectivity index (χ1) is 14.3. The normalized spacial score (nSPS) is 13.1. The van der Waals surface area contributed by atoms with Gasteiger partial charge in [-0.2, -0.15) is 9.78 Å². The number of ether oxygens (including phenoxy) is 2. The first kappa shape index (κ1) is 17.8. The minimum atomic E-state index is 0.682. The molecule has 144 valence electrons. The molecule has 0 N–H and O–H groups in total. The minimum Gasteiger partial charge on any atom is -0.493 e. The van der Waals surface area contributed by atoms with Crippen LogP contribution in [0.4, 0.5) is 0 Å². The van der Waals surface area contributed by atoms with E-state index in [4.69, 9.17) is 14.6 Å². The Kier molecular flexibility index (Phi) is 4.44. The zero-order chi connectivity index (χ0) is 19.8. The van der Waals surface area contributed by atoms with Gasteiger partial charge in [0.2, 0.25) is 5.16 Å². The van der Waals surface area contributed by atoms with Gasteiger partial charge in [0.05, 0.1) is 19.9 Å². The maximum Gasteiger partial charge on any atom is 0.212 e. The SMILES string of the molecule is COc1ccc(C2=Nn3c(nnc3-c3cccc4ccccc34)SC2)cc1OC. The number of hydrogen-bond acceptors (Lipinski definition) is 6. The maximum atomic E-state index is 5.45. The summed E-state index contributed by atoms with van der Waals surface area (Å²) in [6.07, 6.45) is 0. The number of hydrogen-bond donors (Lipinski definition) is 0. The fourth-order valence-corrected chi connectivity index (χ4v) is 4.31. The quantitative estimate of drug-likeness (QED) is 0.504. The van der Waals surface area contributed by atoms with E-state index in [2.05, 4.69) is 34.5 Å². The van der Waals surface area contributed by atoms with E-state index in [1.165, 1.54) is 0 Å². The Hall–Kier alpha value is -3.32. The van der Waals surface area contributed by atoms with Crippen LogP contribution in [-0.4, -0.2) is 40.6 Å². The predicted molar refractivity (Wildman–Crippen MR) is 115 cm³/mol. The molecule has 0 atom stereocenters. The lowest BCUT2D eigenvalue weighted by atomic mass is 10.0. The third kappa shape index (κ3) is 3.03. The Balaban J connectivity index is 1.63. The van der Waals surface area contributed by atoms with Crippen LogP contribution in [0.1, 0.15) is 5.56 Å². The molecule has 0 radical (unpaired) electrons. The lowest BCUT2D eigenvalue weighted by Gasteiger charge is -2.16. The van der Waals surface area contributed by atoms with Gasteiger partial charge in [0.25, 0.3) is 0 Å². The predicted octanol–water partition coefficient (Wildman–Crippen LogP) is 4.47. The molecule has 0 fully saturated rings. The van der Waals surface area contributed by atoms with E-state index >= 15 is 0 Å². The van der Waals surface area contributed by atoms with Gasteiger partial charge in [-0.15, -0.1) is 10.2 Å². The van der Waals surface area contributed by atoms with Gasteiger partial charge >= 0.3 is 0 Å². The molecule has 0 unspecified atom stereocenters. The Morgan fingerprint density at radius 1 is 0.897 bits per heavy atom. The van der Waals surface area contributed by atoms with Gasteiger partial charge in [0.1, 0.15) is 0 Å². The summed E-state index contributed by atoms with van der Waals surface area (Å²) in [5.74, 6) is 2.83. The highest BCUT2D eigenvalue weighted by Gasteiger charge is 2.22. The largest absolute Gasteiger partial charge is 0.493 e. The van der Waals surface area contributed by atoms with E-state index in [1.807, 2.05) is 41.1 Å². The van der Waals surface area contributed by atoms with Gasteiger partial charge < -0.3 is 9.47 Å². The van der Waals surface area contributed by atoms with E-state index in [-0.39, 0.29) is 0 Å². The molecule has 0 bridgehead atoms. The van der Waals surface area contributed by atoms with Crippen LogP contribution in [0.2, 0.25) is 0 Å². The van der Waals surface area contributed by atoms with Crippen molar-refractivity contribution in [2.24, 2.45) is 5.10 Å². The lowest BCUT2D eigenvalue weighted by Crippen LogP contribution is -2.14. The summed E-state index contributed by atoms with van der Waals surface area (Å²) in [5, 5.41) is 16.8. The highest BCUT2D eigenvalue weighted by atomic mass is 32.2. The van der Waals surface area contributed by atoms with E-state index in [9.17, 15) is 0 Å². The summed E-state index contributed by atoms with van der Waals surface area (Å²) in [4.78, 5) is 0. The number of fused-ring (bicyclic) bond motifs is 2. The van der Waals surface area contributed by atoms with E-state index in [1.54, 1.807) is 26.0 Å². The zero-order valence-corrected chi connectivity index (χ0v) is 16.8. The van der Waals surface area contributed by atoms with Crippen molar-refractivity contribution in [3.8, 4) is 22.9 Å². The summed E-state index contributed by atoms with van der Waals surface area (Å²) in [5.41, 5.74) is 2.93. The number of benzene rings is 3. The van der Waals surface area contributed by atoms with Crippen LogP contribution >= 0.6 is 11.8 Å². The van der Waals surface area contributed by atoms with E-state index in [0.29, 0.717) is 17.3 Å². The molecule has 7 heteroatoms. The Morgan fingerprint density at radius 2 is 1.72 bits per heavy atom. The van der Waals surface area contributed by atoms with Crippen molar-refractivity contribution >= 4 is 28.2 Å². The van der Waals surface area contributed by atoms with Gasteiger partial charge in [-0.3, -0.25) is 0 Å². The molecule has 4 aromatic rings. The topological polar surface area (TPSA) is 61.5 Å². The van der Waals surface area contributed by atoms with Crippen molar-refractivity contribution in [3.63, 3.8) is 0 Å². The molecular weight excluding hydrogens is 384 g/mol. The number of methoxy groups -OCH3 is 2. The average Bonchev–Trinajstić information content (AvgIpc) is 3.21. The van der Waals surface area contributed by atoms with Crippen molar-refractivity contribution in [1.29, 1.82) is 0 Å². The van der Waals surface area contributed by atoms with Gasteiger partial charge in [0.15, 0.2) is 17.3 Å². The molecule has 0 amide bonds. The molecule has 0 spiro atoms. The molecule has 0 saturated heterocycles. The van der Waals surface area contributed by atoms with Crippen LogP contribution in [0.3, 0.4) is 0 Å². The third-order valence-corrected chi connectivity index (χ3v) is 5.85. The first-order valence-electron chi connectivity index (χ1n) is 9.15. The molecule has 0 aliphatic carbocycles. The Labute approximate surface area is 172 Å². The van der Waals surface area contributed by atoms with Crippen molar-refractivity contribution < 1.29 is 9.47 Å². The molecule has 1 aliphatic heterocycles. The fourth-order valence-electron chi connectivity index (χ4n) is 3.47. The monoisotopic (exact) mass is 402 g/mol. The van der Waals surface area contributed by atoms with E-state index < -0.39 is 0 Å². The van der Waals surface area contributed by atoms with Crippen molar-refractivity contribution in [3.05, 3.63) is 66.2 Å². The van der Waals surface area contributed by atoms with Crippen molar-refractivity contribution in [2.75, 3.05) is 20.0 Å². The zero-order valence-electron chi connectivity index (χ0n) is 16.0. The second-order valence-corrected chi connectivity index (χ2v) is 7.49. The maximum absolute atomic E-state index is 5.45. The van der Waals surface area contributed by atoms with Crippen LogP contribution in [0.15, 0.2) is 70.9 Å². The summed E-state index contributed by atoms with van der Waals surface area (Å²) < 4.78 is 12.6. The third-order valence-electron chi connectivity index (χ3n) is 4.92. The smallest absolute Gasteiger partial charge is 0.212 e. The average molecular weight is 402 g/mol. The van der Waals surface area contributed by atoms with Crippen LogP contribution in [0.25, 0.3) is 22.2 Å². The second-order valence-electron chi connectivity index (χ2n) is 6.55. The van der Waals surface area contributed by atoms with Crippen LogP contribution < -0.4 is 9.47 Å². The molecular formula is C22H18N4O2S. The van der Waals surface area contributed by atoms with Crippen LogP contribution in [0.5, 0.6) is 11.5 Å². The standard InChI is InChI=1S/C22H18N4O2S/c1-27-19-11-10-15(12-20(19)28-2)18-13-29-22-24-23-21(26(22)25-18)17-9-5-7-14-6-3-4-8-16(14)17/h3-12H,13H2,1-2H3. The highest BCUT2D eigenvalue weighted by molar-refractivity contribution is 7.99. The fraction of sp³-hybridized carbons (Fsp3) is 0.136. The molecule has 29 heavy (non-hydrogen) atoms. The number of thioether (sulfide) groups is 1. The Morgan fingerprint density at radius 3 is 2.59 bits per heavy atom. The molecule has 0 saturated carbocycles. The van der Waals surface area contributed by atoms with Crippen molar-refractivity contribution in [2.45, 2.75) is 5.16 Å². The summed E-state index contributed by atoms with van der Waals surface area (Å²) >= 11 is 1.62. The Bertz CT molecular complexity index is 1240. The van der Waals surface area contributed by atoms with Gasteiger partial charge in [-0.05, 0) is 29.0 Å². The second kappa shape index (κ2) is 7.25. The first-order valence-corrected chi connectivity index (χ1v) is 10.1. The molecule has 6 nitrogen and oxygen atoms in total. The summed E-state index contributed by atoms with van der Waals surface area (Å²) in [7, 11) is 3.26. The van der Waals surface area contributed by atoms with Crippen molar-refractivity contribution in [1.82, 2.24) is 14.9 Å².